The summed E-state index contributed by atoms with van der Waals surface area (Å²) in [6.45, 7) is 1.47. The molecular formula is C15H32O6. The van der Waals surface area contributed by atoms with Crippen LogP contribution in [0.4, 0.5) is 0 Å². The molecule has 128 valence electrons. The lowest BCUT2D eigenvalue weighted by Crippen LogP contribution is -2.18. The zero-order chi connectivity index (χ0) is 16.5. The van der Waals surface area contributed by atoms with Crippen LogP contribution in [0.1, 0.15) is 64.7 Å². The Morgan fingerprint density at radius 1 is 0.857 bits per heavy atom. The van der Waals surface area contributed by atoms with Gasteiger partial charge in [0.1, 0.15) is 6.10 Å². The molecule has 0 amide bonds. The Balaban J connectivity index is 0. The van der Waals surface area contributed by atoms with Crippen LogP contribution >= 0.6 is 0 Å². The van der Waals surface area contributed by atoms with Gasteiger partial charge in [0, 0.05) is 0 Å². The monoisotopic (exact) mass is 308 g/mol. The first-order valence-electron chi connectivity index (χ1n) is 7.80. The van der Waals surface area contributed by atoms with E-state index in [1.165, 1.54) is 32.1 Å². The Kier molecular flexibility index (Phi) is 18.7. The summed E-state index contributed by atoms with van der Waals surface area (Å²) in [5, 5.41) is 41.4. The van der Waals surface area contributed by atoms with Crippen molar-refractivity contribution in [1.82, 2.24) is 0 Å². The van der Waals surface area contributed by atoms with E-state index >= 15 is 0 Å². The molecule has 0 rings (SSSR count). The van der Waals surface area contributed by atoms with Gasteiger partial charge in [0.2, 0.25) is 0 Å². The van der Waals surface area contributed by atoms with Crippen molar-refractivity contribution >= 4 is 5.97 Å². The van der Waals surface area contributed by atoms with E-state index in [-0.39, 0.29) is 13.2 Å². The van der Waals surface area contributed by atoms with E-state index in [0.29, 0.717) is 6.42 Å². The Bertz CT molecular complexity index is 218. The quantitative estimate of drug-likeness (QED) is 0.347. The standard InChI is InChI=1S/C12H24O3.C3H8O3/c1-2-3-4-5-6-7-8-9-10-11(13)12(14)15;4-1-3(6)2-5/h11,13H,2-10H2,1H3,(H,14,15);3-6H,1-2H2. The lowest BCUT2D eigenvalue weighted by atomic mass is 10.1. The van der Waals surface area contributed by atoms with Gasteiger partial charge in [-0.05, 0) is 6.42 Å². The molecule has 0 aliphatic heterocycles. The molecular weight excluding hydrogens is 276 g/mol. The number of hydrogen-bond acceptors (Lipinski definition) is 5. The van der Waals surface area contributed by atoms with Crippen molar-refractivity contribution in [2.45, 2.75) is 76.9 Å². The molecule has 0 spiro atoms. The highest BCUT2D eigenvalue weighted by atomic mass is 16.4. The molecule has 1 unspecified atom stereocenters. The molecule has 0 fully saturated rings. The second-order valence-corrected chi connectivity index (χ2v) is 5.14. The predicted octanol–water partition coefficient (Wildman–Crippen LogP) is 1.29. The SMILES string of the molecule is CCCCCCCCCCC(O)C(=O)O.OCC(O)CO. The van der Waals surface area contributed by atoms with Gasteiger partial charge in [0.15, 0.2) is 6.10 Å². The minimum atomic E-state index is -1.16. The zero-order valence-corrected chi connectivity index (χ0v) is 13.1. The molecule has 0 saturated carbocycles. The van der Waals surface area contributed by atoms with Gasteiger partial charge in [-0.25, -0.2) is 4.79 Å². The minimum absolute atomic E-state index is 0.365. The molecule has 0 heterocycles. The van der Waals surface area contributed by atoms with Crippen molar-refractivity contribution in [3.8, 4) is 0 Å². The number of carboxylic acid groups (broad SMARTS) is 1. The summed E-state index contributed by atoms with van der Waals surface area (Å²) in [4.78, 5) is 10.3. The summed E-state index contributed by atoms with van der Waals surface area (Å²) >= 11 is 0. The summed E-state index contributed by atoms with van der Waals surface area (Å²) in [5.74, 6) is -1.10. The first kappa shape index (κ1) is 22.6. The van der Waals surface area contributed by atoms with Crippen LogP contribution in [0.5, 0.6) is 0 Å². The van der Waals surface area contributed by atoms with Crippen LogP contribution in [0.15, 0.2) is 0 Å². The van der Waals surface area contributed by atoms with Gasteiger partial charge in [0.05, 0.1) is 13.2 Å². The first-order valence-corrected chi connectivity index (χ1v) is 7.80. The maximum atomic E-state index is 10.3. The van der Waals surface area contributed by atoms with E-state index in [1.807, 2.05) is 0 Å². The summed E-state index contributed by atoms with van der Waals surface area (Å²) in [5.41, 5.74) is 0. The van der Waals surface area contributed by atoms with Gasteiger partial charge in [0.25, 0.3) is 0 Å². The van der Waals surface area contributed by atoms with E-state index < -0.39 is 18.2 Å². The Labute approximate surface area is 127 Å². The van der Waals surface area contributed by atoms with Crippen LogP contribution in [-0.4, -0.2) is 56.9 Å². The minimum Gasteiger partial charge on any atom is -0.479 e. The van der Waals surface area contributed by atoms with Gasteiger partial charge < -0.3 is 25.5 Å². The van der Waals surface area contributed by atoms with Crippen molar-refractivity contribution in [2.24, 2.45) is 0 Å². The van der Waals surface area contributed by atoms with Gasteiger partial charge >= 0.3 is 5.97 Å². The van der Waals surface area contributed by atoms with Gasteiger partial charge in [-0.15, -0.1) is 0 Å². The van der Waals surface area contributed by atoms with Gasteiger partial charge in [-0.3, -0.25) is 0 Å². The molecule has 6 nitrogen and oxygen atoms in total. The number of aliphatic carboxylic acids is 1. The maximum absolute atomic E-state index is 10.3. The third-order valence-corrected chi connectivity index (χ3v) is 3.04. The molecule has 21 heavy (non-hydrogen) atoms. The van der Waals surface area contributed by atoms with E-state index in [4.69, 9.17) is 25.5 Å². The molecule has 0 radical (unpaired) electrons. The second-order valence-electron chi connectivity index (χ2n) is 5.14. The number of carboxylic acids is 1. The molecule has 5 N–H and O–H groups in total. The molecule has 0 aliphatic carbocycles. The molecule has 0 bridgehead atoms. The third kappa shape index (κ3) is 19.3. The highest BCUT2D eigenvalue weighted by Crippen LogP contribution is 2.10. The molecule has 0 aromatic rings. The summed E-state index contributed by atoms with van der Waals surface area (Å²) in [7, 11) is 0. The predicted molar refractivity (Wildman–Crippen MR) is 81.0 cm³/mol. The van der Waals surface area contributed by atoms with Crippen molar-refractivity contribution in [3.63, 3.8) is 0 Å². The van der Waals surface area contributed by atoms with Crippen molar-refractivity contribution in [3.05, 3.63) is 0 Å². The lowest BCUT2D eigenvalue weighted by Gasteiger charge is -2.04. The number of rotatable bonds is 12. The fraction of sp³-hybridized carbons (Fsp3) is 0.933. The fourth-order valence-electron chi connectivity index (χ4n) is 1.65. The molecule has 0 aromatic heterocycles. The van der Waals surface area contributed by atoms with Crippen molar-refractivity contribution in [1.29, 1.82) is 0 Å². The fourth-order valence-corrected chi connectivity index (χ4v) is 1.65. The van der Waals surface area contributed by atoms with Crippen LogP contribution in [0.2, 0.25) is 0 Å². The lowest BCUT2D eigenvalue weighted by molar-refractivity contribution is -0.146. The Hall–Kier alpha value is -0.690. The van der Waals surface area contributed by atoms with Crippen LogP contribution in [0.3, 0.4) is 0 Å². The Morgan fingerprint density at radius 2 is 1.29 bits per heavy atom. The number of carbonyl (C=O) groups is 1. The first-order chi connectivity index (χ1) is 9.99. The second kappa shape index (κ2) is 17.4. The molecule has 6 heteroatoms. The third-order valence-electron chi connectivity index (χ3n) is 3.04. The van der Waals surface area contributed by atoms with Crippen molar-refractivity contribution < 1.29 is 30.3 Å². The molecule has 0 saturated heterocycles. The number of aliphatic hydroxyl groups excluding tert-OH is 4. The number of aliphatic hydroxyl groups is 4. The Morgan fingerprint density at radius 3 is 1.62 bits per heavy atom. The van der Waals surface area contributed by atoms with Gasteiger partial charge in [-0.1, -0.05) is 58.3 Å². The summed E-state index contributed by atoms with van der Waals surface area (Å²) in [6, 6.07) is 0. The largest absolute Gasteiger partial charge is 0.479 e. The normalized spacial score (nSPS) is 11.9. The summed E-state index contributed by atoms with van der Waals surface area (Å²) in [6.07, 6.45) is 7.72. The molecule has 0 aliphatic rings. The van der Waals surface area contributed by atoms with Gasteiger partial charge in [-0.2, -0.15) is 0 Å². The van der Waals surface area contributed by atoms with E-state index in [0.717, 1.165) is 19.3 Å². The van der Waals surface area contributed by atoms with E-state index in [9.17, 15) is 4.79 Å². The van der Waals surface area contributed by atoms with E-state index in [1.54, 1.807) is 0 Å². The maximum Gasteiger partial charge on any atom is 0.332 e. The van der Waals surface area contributed by atoms with E-state index in [2.05, 4.69) is 6.92 Å². The van der Waals surface area contributed by atoms with Crippen LogP contribution in [0, 0.1) is 0 Å². The number of hydrogen-bond donors (Lipinski definition) is 5. The average molecular weight is 308 g/mol. The topological polar surface area (TPSA) is 118 Å². The highest BCUT2D eigenvalue weighted by molar-refractivity contribution is 5.71. The summed E-state index contributed by atoms with van der Waals surface area (Å²) < 4.78 is 0. The molecule has 1 atom stereocenters. The van der Waals surface area contributed by atoms with Crippen LogP contribution < -0.4 is 0 Å². The molecule has 0 aromatic carbocycles. The van der Waals surface area contributed by atoms with Crippen LogP contribution in [0.25, 0.3) is 0 Å². The average Bonchev–Trinajstić information content (AvgIpc) is 2.49. The zero-order valence-electron chi connectivity index (χ0n) is 13.1. The van der Waals surface area contributed by atoms with Crippen molar-refractivity contribution in [2.75, 3.05) is 13.2 Å². The van der Waals surface area contributed by atoms with Crippen LogP contribution in [-0.2, 0) is 4.79 Å². The highest BCUT2D eigenvalue weighted by Gasteiger charge is 2.11. The number of unbranched alkanes of at least 4 members (excludes halogenated alkanes) is 7. The smallest absolute Gasteiger partial charge is 0.332 e.